The molecular formula is C22H24N2O5S3. The summed E-state index contributed by atoms with van der Waals surface area (Å²) in [5.74, 6) is 2.21. The lowest BCUT2D eigenvalue weighted by atomic mass is 10.1. The number of nitrogens with one attached hydrogen (secondary N) is 2. The lowest BCUT2D eigenvalue weighted by Crippen LogP contribution is -2.46. The van der Waals surface area contributed by atoms with Crippen LogP contribution in [-0.4, -0.2) is 63.3 Å². The molecule has 5 atom stereocenters. The third-order valence-corrected chi connectivity index (χ3v) is 8.29. The Hall–Kier alpha value is -1.85. The fraction of sp³-hybridized carbons (Fsp3) is 0.364. The number of hydrogen-bond donors (Lipinski definition) is 2. The van der Waals surface area contributed by atoms with Gasteiger partial charge < -0.3 is 10.6 Å². The summed E-state index contributed by atoms with van der Waals surface area (Å²) in [6, 6.07) is 17.4. The molecule has 0 saturated carbocycles. The van der Waals surface area contributed by atoms with Gasteiger partial charge in [0.15, 0.2) is 0 Å². The molecule has 0 radical (unpaired) electrons. The second-order valence-electron chi connectivity index (χ2n) is 7.44. The molecule has 10 heteroatoms. The molecule has 2 saturated heterocycles. The van der Waals surface area contributed by atoms with Gasteiger partial charge in [-0.2, -0.15) is 27.7 Å². The van der Waals surface area contributed by atoms with Gasteiger partial charge in [-0.25, -0.2) is 0 Å². The first kappa shape index (κ1) is 23.3. The number of rotatable bonds is 8. The molecule has 0 aromatic heterocycles. The van der Waals surface area contributed by atoms with Crippen LogP contribution < -0.4 is 10.6 Å². The summed E-state index contributed by atoms with van der Waals surface area (Å²) in [4.78, 5) is 24.9. The van der Waals surface area contributed by atoms with Gasteiger partial charge in [-0.05, 0) is 24.3 Å². The van der Waals surface area contributed by atoms with Gasteiger partial charge in [0, 0.05) is 34.1 Å². The number of carbonyl (C=O) groups is 2. The van der Waals surface area contributed by atoms with Crippen molar-refractivity contribution in [2.75, 3.05) is 23.0 Å². The Balaban J connectivity index is 1.28. The van der Waals surface area contributed by atoms with E-state index in [4.69, 9.17) is 8.37 Å². The summed E-state index contributed by atoms with van der Waals surface area (Å²) in [7, 11) is 0. The molecule has 2 fully saturated rings. The molecule has 32 heavy (non-hydrogen) atoms. The normalized spacial score (nSPS) is 25.9. The van der Waals surface area contributed by atoms with Gasteiger partial charge in [-0.3, -0.25) is 18.0 Å². The average Bonchev–Trinajstić information content (AvgIpc) is 3.44. The van der Waals surface area contributed by atoms with Crippen LogP contribution in [0.15, 0.2) is 60.7 Å². The zero-order valence-electron chi connectivity index (χ0n) is 17.2. The molecule has 2 amide bonds. The Bertz CT molecular complexity index is 872. The van der Waals surface area contributed by atoms with Crippen molar-refractivity contribution < 1.29 is 22.2 Å². The van der Waals surface area contributed by atoms with Crippen LogP contribution >= 0.6 is 23.5 Å². The average molecular weight is 493 g/mol. The third kappa shape index (κ3) is 6.14. The van der Waals surface area contributed by atoms with E-state index in [0.29, 0.717) is 34.1 Å². The summed E-state index contributed by atoms with van der Waals surface area (Å²) in [6.45, 7) is 0. The molecule has 2 aromatic rings. The standard InChI is InChI=1S/C22H24N2O5S3/c25-21(15-7-3-1-4-8-15)23-17-11-30-13-19(17)28-32(27)29-20-14-31-12-18(20)24-22(26)16-9-5-2-6-10-16/h1-10,17-20H,11-14H2,(H,23,25)(H,24,26)/t17-,18+,19-,20-,32?/m1/s1. The fourth-order valence-electron chi connectivity index (χ4n) is 3.44. The second-order valence-corrected chi connectivity index (χ2v) is 10.4. The Labute approximate surface area is 198 Å². The predicted molar refractivity (Wildman–Crippen MR) is 128 cm³/mol. The minimum atomic E-state index is -1.99. The van der Waals surface area contributed by atoms with Gasteiger partial charge in [0.25, 0.3) is 11.8 Å². The number of benzene rings is 2. The van der Waals surface area contributed by atoms with Crippen LogP contribution in [0.25, 0.3) is 0 Å². The van der Waals surface area contributed by atoms with Gasteiger partial charge in [0.1, 0.15) is 12.2 Å². The van der Waals surface area contributed by atoms with Crippen molar-refractivity contribution in [3.8, 4) is 0 Å². The number of hydrogen-bond acceptors (Lipinski definition) is 7. The van der Waals surface area contributed by atoms with Crippen molar-refractivity contribution in [1.82, 2.24) is 10.6 Å². The van der Waals surface area contributed by atoms with Crippen LogP contribution in [0, 0.1) is 0 Å². The molecule has 2 aromatic carbocycles. The Morgan fingerprint density at radius 2 is 1.12 bits per heavy atom. The van der Waals surface area contributed by atoms with E-state index >= 15 is 0 Å². The molecule has 4 rings (SSSR count). The molecule has 0 aliphatic carbocycles. The van der Waals surface area contributed by atoms with Crippen molar-refractivity contribution in [1.29, 1.82) is 0 Å². The molecule has 2 N–H and O–H groups in total. The van der Waals surface area contributed by atoms with Crippen LogP contribution in [0.2, 0.25) is 0 Å². The van der Waals surface area contributed by atoms with Crippen molar-refractivity contribution in [3.63, 3.8) is 0 Å². The molecule has 2 heterocycles. The number of carbonyl (C=O) groups excluding carboxylic acids is 2. The maximum absolute atomic E-state index is 12.6. The van der Waals surface area contributed by atoms with E-state index in [2.05, 4.69) is 10.6 Å². The van der Waals surface area contributed by atoms with Gasteiger partial charge in [0.2, 0.25) is 0 Å². The molecule has 7 nitrogen and oxygen atoms in total. The SMILES string of the molecule is O=C(N[C@H]1CSC[C@H]1OS(=O)O[C@@H]1CSC[C@H]1NC(=O)c1ccccc1)c1ccccc1. The topological polar surface area (TPSA) is 93.7 Å². The van der Waals surface area contributed by atoms with Crippen molar-refractivity contribution in [2.45, 2.75) is 24.3 Å². The molecule has 2 aliphatic heterocycles. The molecule has 0 bridgehead atoms. The van der Waals surface area contributed by atoms with E-state index < -0.39 is 23.6 Å². The molecule has 0 spiro atoms. The molecule has 1 unspecified atom stereocenters. The highest BCUT2D eigenvalue weighted by Gasteiger charge is 2.36. The molecular weight excluding hydrogens is 468 g/mol. The van der Waals surface area contributed by atoms with E-state index in [9.17, 15) is 13.8 Å². The van der Waals surface area contributed by atoms with Gasteiger partial charge >= 0.3 is 11.4 Å². The second kappa shape index (κ2) is 11.3. The Morgan fingerprint density at radius 3 is 1.53 bits per heavy atom. The van der Waals surface area contributed by atoms with Crippen LogP contribution in [0.4, 0.5) is 0 Å². The van der Waals surface area contributed by atoms with Crippen LogP contribution in [0.5, 0.6) is 0 Å². The van der Waals surface area contributed by atoms with E-state index in [-0.39, 0.29) is 23.9 Å². The monoisotopic (exact) mass is 492 g/mol. The summed E-state index contributed by atoms with van der Waals surface area (Å²) in [5, 5.41) is 5.92. The number of amides is 2. The summed E-state index contributed by atoms with van der Waals surface area (Å²) >= 11 is 1.27. The lowest BCUT2D eigenvalue weighted by molar-refractivity contribution is 0.0873. The summed E-state index contributed by atoms with van der Waals surface area (Å²) < 4.78 is 23.9. The van der Waals surface area contributed by atoms with Crippen molar-refractivity contribution >= 4 is 46.7 Å². The zero-order valence-corrected chi connectivity index (χ0v) is 19.6. The van der Waals surface area contributed by atoms with Crippen molar-refractivity contribution in [2.24, 2.45) is 0 Å². The number of thioether (sulfide) groups is 2. The van der Waals surface area contributed by atoms with Gasteiger partial charge in [-0.1, -0.05) is 36.4 Å². The maximum atomic E-state index is 12.6. The minimum absolute atomic E-state index is 0.186. The summed E-state index contributed by atoms with van der Waals surface area (Å²) in [6.07, 6.45) is -0.833. The van der Waals surface area contributed by atoms with E-state index in [1.54, 1.807) is 47.8 Å². The first-order chi connectivity index (χ1) is 15.6. The van der Waals surface area contributed by atoms with E-state index in [1.165, 1.54) is 0 Å². The molecule has 2 aliphatic rings. The highest BCUT2D eigenvalue weighted by molar-refractivity contribution is 7.99. The lowest BCUT2D eigenvalue weighted by Gasteiger charge is -2.22. The van der Waals surface area contributed by atoms with E-state index in [0.717, 1.165) is 0 Å². The van der Waals surface area contributed by atoms with Crippen LogP contribution in [0.1, 0.15) is 20.7 Å². The van der Waals surface area contributed by atoms with Gasteiger partial charge in [-0.15, -0.1) is 0 Å². The first-order valence-electron chi connectivity index (χ1n) is 10.2. The fourth-order valence-corrected chi connectivity index (χ4v) is 6.90. The minimum Gasteiger partial charge on any atom is -0.346 e. The van der Waals surface area contributed by atoms with Crippen molar-refractivity contribution in [3.05, 3.63) is 71.8 Å². The smallest absolute Gasteiger partial charge is 0.305 e. The zero-order chi connectivity index (χ0) is 22.3. The van der Waals surface area contributed by atoms with E-state index in [1.807, 2.05) is 36.4 Å². The highest BCUT2D eigenvalue weighted by atomic mass is 32.2. The third-order valence-electron chi connectivity index (χ3n) is 5.17. The van der Waals surface area contributed by atoms with Crippen LogP contribution in [-0.2, 0) is 19.7 Å². The quantitative estimate of drug-likeness (QED) is 0.585. The van der Waals surface area contributed by atoms with Gasteiger partial charge in [0.05, 0.1) is 12.1 Å². The largest absolute Gasteiger partial charge is 0.346 e. The Morgan fingerprint density at radius 1 is 0.719 bits per heavy atom. The highest BCUT2D eigenvalue weighted by Crippen LogP contribution is 2.26. The Kier molecular flexibility index (Phi) is 8.26. The molecule has 170 valence electrons. The van der Waals surface area contributed by atoms with Crippen LogP contribution in [0.3, 0.4) is 0 Å². The summed E-state index contributed by atoms with van der Waals surface area (Å²) in [5.41, 5.74) is 1.14. The maximum Gasteiger partial charge on any atom is 0.305 e. The first-order valence-corrected chi connectivity index (χ1v) is 13.5. The predicted octanol–water partition coefficient (Wildman–Crippen LogP) is 2.43.